The summed E-state index contributed by atoms with van der Waals surface area (Å²) >= 11 is 0. The molecule has 0 radical (unpaired) electrons. The molecule has 6 nitrogen and oxygen atoms in total. The van der Waals surface area contributed by atoms with E-state index in [1.54, 1.807) is 24.3 Å². The smallest absolute Gasteiger partial charge is 0.338 e. The minimum absolute atomic E-state index is 0.0397. The lowest BCUT2D eigenvalue weighted by molar-refractivity contribution is 0.0463. The minimum atomic E-state index is -0.424. The normalized spacial score (nSPS) is 23.0. The molecular formula is C14H14O6. The summed E-state index contributed by atoms with van der Waals surface area (Å²) in [6, 6.07) is 6.17. The molecule has 0 aromatic heterocycles. The quantitative estimate of drug-likeness (QED) is 0.565. The number of esters is 2. The maximum atomic E-state index is 11.7. The van der Waals surface area contributed by atoms with Crippen LogP contribution in [0.4, 0.5) is 0 Å². The summed E-state index contributed by atoms with van der Waals surface area (Å²) in [6.07, 6.45) is 0.0793. The molecule has 3 rings (SSSR count). The first kappa shape index (κ1) is 13.1. The first-order chi connectivity index (χ1) is 9.72. The Morgan fingerprint density at radius 2 is 1.25 bits per heavy atom. The van der Waals surface area contributed by atoms with Crippen LogP contribution < -0.4 is 0 Å². The average molecular weight is 278 g/mol. The third-order valence-electron chi connectivity index (χ3n) is 2.96. The van der Waals surface area contributed by atoms with Crippen molar-refractivity contribution in [2.75, 3.05) is 26.4 Å². The lowest BCUT2D eigenvalue weighted by Crippen LogP contribution is -2.12. The van der Waals surface area contributed by atoms with Crippen LogP contribution in [-0.2, 0) is 18.9 Å². The van der Waals surface area contributed by atoms with Gasteiger partial charge < -0.3 is 18.9 Å². The van der Waals surface area contributed by atoms with E-state index in [1.165, 1.54) is 0 Å². The molecule has 106 valence electrons. The topological polar surface area (TPSA) is 77.7 Å². The zero-order valence-electron chi connectivity index (χ0n) is 10.7. The Hall–Kier alpha value is -1.92. The number of benzene rings is 1. The van der Waals surface area contributed by atoms with E-state index in [9.17, 15) is 9.59 Å². The fourth-order valence-electron chi connectivity index (χ4n) is 1.57. The minimum Gasteiger partial charge on any atom is -0.459 e. The molecule has 20 heavy (non-hydrogen) atoms. The van der Waals surface area contributed by atoms with Gasteiger partial charge in [0.2, 0.25) is 0 Å². The molecule has 0 amide bonds. The van der Waals surface area contributed by atoms with E-state index in [0.29, 0.717) is 24.3 Å². The highest BCUT2D eigenvalue weighted by atomic mass is 16.6. The predicted molar refractivity (Wildman–Crippen MR) is 66.5 cm³/mol. The van der Waals surface area contributed by atoms with Crippen molar-refractivity contribution in [3.8, 4) is 0 Å². The molecule has 0 saturated carbocycles. The second-order valence-corrected chi connectivity index (χ2v) is 4.68. The summed E-state index contributed by atoms with van der Waals surface area (Å²) in [5.74, 6) is -0.849. The lowest BCUT2D eigenvalue weighted by atomic mass is 10.1. The van der Waals surface area contributed by atoms with Crippen molar-refractivity contribution in [2.45, 2.75) is 12.2 Å². The molecule has 0 aliphatic carbocycles. The summed E-state index contributed by atoms with van der Waals surface area (Å²) in [7, 11) is 0. The first-order valence-electron chi connectivity index (χ1n) is 6.40. The van der Waals surface area contributed by atoms with Crippen molar-refractivity contribution < 1.29 is 28.5 Å². The van der Waals surface area contributed by atoms with Gasteiger partial charge in [-0.2, -0.15) is 0 Å². The zero-order chi connectivity index (χ0) is 13.9. The van der Waals surface area contributed by atoms with Crippen LogP contribution in [0.3, 0.4) is 0 Å². The van der Waals surface area contributed by atoms with Gasteiger partial charge >= 0.3 is 11.9 Å². The molecule has 2 aliphatic heterocycles. The van der Waals surface area contributed by atoms with Crippen LogP contribution in [0.1, 0.15) is 20.7 Å². The zero-order valence-corrected chi connectivity index (χ0v) is 10.7. The summed E-state index contributed by atoms with van der Waals surface area (Å²) in [5.41, 5.74) is 0.792. The Balaban J connectivity index is 1.52. The van der Waals surface area contributed by atoms with Crippen LogP contribution in [0.15, 0.2) is 24.3 Å². The van der Waals surface area contributed by atoms with Gasteiger partial charge in [0.05, 0.1) is 24.3 Å². The lowest BCUT2D eigenvalue weighted by Gasteiger charge is -2.05. The Kier molecular flexibility index (Phi) is 3.66. The van der Waals surface area contributed by atoms with Crippen LogP contribution in [0.5, 0.6) is 0 Å². The van der Waals surface area contributed by atoms with Crippen molar-refractivity contribution >= 4 is 11.9 Å². The molecule has 2 aliphatic rings. The van der Waals surface area contributed by atoms with E-state index in [1.807, 2.05) is 0 Å². The van der Waals surface area contributed by atoms with Gasteiger partial charge in [0.25, 0.3) is 0 Å². The fraction of sp³-hybridized carbons (Fsp3) is 0.429. The van der Waals surface area contributed by atoms with Crippen LogP contribution >= 0.6 is 0 Å². The molecule has 0 N–H and O–H groups in total. The molecule has 0 unspecified atom stereocenters. The maximum Gasteiger partial charge on any atom is 0.338 e. The monoisotopic (exact) mass is 278 g/mol. The van der Waals surface area contributed by atoms with E-state index in [0.717, 1.165) is 0 Å². The molecule has 2 atom stereocenters. The molecule has 0 spiro atoms. The van der Waals surface area contributed by atoms with Crippen molar-refractivity contribution in [1.82, 2.24) is 0 Å². The number of hydrogen-bond acceptors (Lipinski definition) is 6. The number of rotatable bonds is 6. The largest absolute Gasteiger partial charge is 0.459 e. The number of hydrogen-bond donors (Lipinski definition) is 0. The summed E-state index contributed by atoms with van der Waals surface area (Å²) in [5, 5.41) is 0. The highest BCUT2D eigenvalue weighted by molar-refractivity contribution is 5.93. The number of epoxide rings is 2. The van der Waals surface area contributed by atoms with Crippen molar-refractivity contribution in [2.24, 2.45) is 0 Å². The molecule has 1 aromatic carbocycles. The van der Waals surface area contributed by atoms with Crippen molar-refractivity contribution in [3.05, 3.63) is 35.4 Å². The van der Waals surface area contributed by atoms with Crippen LogP contribution in [0, 0.1) is 0 Å². The fourth-order valence-corrected chi connectivity index (χ4v) is 1.57. The Labute approximate surface area is 115 Å². The molecule has 0 bridgehead atoms. The van der Waals surface area contributed by atoms with Crippen LogP contribution in [0.2, 0.25) is 0 Å². The summed E-state index contributed by atoms with van der Waals surface area (Å²) < 4.78 is 20.0. The van der Waals surface area contributed by atoms with Crippen LogP contribution in [-0.4, -0.2) is 50.6 Å². The average Bonchev–Trinajstić information content (AvgIpc) is 3.37. The molecule has 2 saturated heterocycles. The van der Waals surface area contributed by atoms with E-state index in [2.05, 4.69) is 0 Å². The molecule has 2 heterocycles. The number of carbonyl (C=O) groups excluding carboxylic acids is 2. The SMILES string of the molecule is O=C(OC[C@@H]1CO1)c1ccc(C(=O)OC[C@H]2CO2)cc1. The van der Waals surface area contributed by atoms with Gasteiger partial charge in [-0.15, -0.1) is 0 Å². The number of ether oxygens (including phenoxy) is 4. The summed E-state index contributed by atoms with van der Waals surface area (Å²) in [4.78, 5) is 23.3. The molecule has 1 aromatic rings. The maximum absolute atomic E-state index is 11.7. The summed E-state index contributed by atoms with van der Waals surface area (Å²) in [6.45, 7) is 1.82. The van der Waals surface area contributed by atoms with Crippen molar-refractivity contribution in [3.63, 3.8) is 0 Å². The second kappa shape index (κ2) is 5.60. The van der Waals surface area contributed by atoms with Gasteiger partial charge in [-0.1, -0.05) is 0 Å². The standard InChI is InChI=1S/C14H14O6/c15-13(19-7-11-5-17-11)9-1-2-10(4-3-9)14(16)20-8-12-6-18-12/h1-4,11-12H,5-8H2/t11-,12+. The Morgan fingerprint density at radius 1 is 0.900 bits per heavy atom. The van der Waals surface area contributed by atoms with Gasteiger partial charge in [0.1, 0.15) is 25.4 Å². The second-order valence-electron chi connectivity index (χ2n) is 4.68. The van der Waals surface area contributed by atoms with Gasteiger partial charge in [-0.25, -0.2) is 9.59 Å². The van der Waals surface area contributed by atoms with Crippen molar-refractivity contribution in [1.29, 1.82) is 0 Å². The molecule has 2 fully saturated rings. The predicted octanol–water partition coefficient (Wildman–Crippen LogP) is 0.798. The molecule has 6 heteroatoms. The Morgan fingerprint density at radius 3 is 1.55 bits per heavy atom. The van der Waals surface area contributed by atoms with Gasteiger partial charge in [-0.3, -0.25) is 0 Å². The number of carbonyl (C=O) groups is 2. The third kappa shape index (κ3) is 3.55. The molecular weight excluding hydrogens is 264 g/mol. The van der Waals surface area contributed by atoms with E-state index >= 15 is 0 Å². The van der Waals surface area contributed by atoms with E-state index in [-0.39, 0.29) is 25.4 Å². The van der Waals surface area contributed by atoms with E-state index in [4.69, 9.17) is 18.9 Å². The third-order valence-corrected chi connectivity index (χ3v) is 2.96. The van der Waals surface area contributed by atoms with Gasteiger partial charge in [0.15, 0.2) is 0 Å². The van der Waals surface area contributed by atoms with Crippen LogP contribution in [0.25, 0.3) is 0 Å². The van der Waals surface area contributed by atoms with Gasteiger partial charge in [0, 0.05) is 0 Å². The highest BCUT2D eigenvalue weighted by Crippen LogP contribution is 2.13. The highest BCUT2D eigenvalue weighted by Gasteiger charge is 2.25. The Bertz CT molecular complexity index is 454. The van der Waals surface area contributed by atoms with E-state index < -0.39 is 11.9 Å². The first-order valence-corrected chi connectivity index (χ1v) is 6.40. The van der Waals surface area contributed by atoms with Gasteiger partial charge in [-0.05, 0) is 24.3 Å².